The highest BCUT2D eigenvalue weighted by atomic mass is 35.5. The van der Waals surface area contributed by atoms with Crippen LogP contribution >= 0.6 is 35.3 Å². The van der Waals surface area contributed by atoms with Crippen LogP contribution in [0.3, 0.4) is 0 Å². The Balaban J connectivity index is 0.00000289. The van der Waals surface area contributed by atoms with Crippen LogP contribution < -0.4 is 0 Å². The monoisotopic (exact) mass is 310 g/mol. The minimum atomic E-state index is -0.722. The molecule has 0 unspecified atom stereocenters. The van der Waals surface area contributed by atoms with Gasteiger partial charge in [-0.05, 0) is 11.6 Å². The van der Waals surface area contributed by atoms with E-state index in [1.807, 2.05) is 14.1 Å². The van der Waals surface area contributed by atoms with Crippen LogP contribution in [0.1, 0.15) is 5.69 Å². The Kier molecular flexibility index (Phi) is 7.49. The van der Waals surface area contributed by atoms with Crippen LogP contribution in [0.4, 0.5) is 5.13 Å². The lowest BCUT2D eigenvalue weighted by Gasteiger charge is -1.99. The molecule has 1 aromatic rings. The lowest BCUT2D eigenvalue weighted by atomic mass is 10.3. The van der Waals surface area contributed by atoms with Crippen LogP contribution in [-0.2, 0) is 9.63 Å². The summed E-state index contributed by atoms with van der Waals surface area (Å²) < 4.78 is 0. The van der Waals surface area contributed by atoms with Gasteiger partial charge in [0.05, 0.1) is 6.34 Å². The molecule has 9 heteroatoms. The Hall–Kier alpha value is -1.18. The fourth-order valence-corrected chi connectivity index (χ4v) is 1.64. The highest BCUT2D eigenvalue weighted by molar-refractivity contribution is 7.13. The van der Waals surface area contributed by atoms with Crippen molar-refractivity contribution in [3.05, 3.63) is 11.1 Å². The zero-order valence-corrected chi connectivity index (χ0v) is 12.3. The van der Waals surface area contributed by atoms with E-state index in [9.17, 15) is 4.79 Å². The molecule has 0 bridgehead atoms. The third-order valence-corrected chi connectivity index (χ3v) is 2.43. The maximum Gasteiger partial charge on any atom is 0.276 e. The lowest BCUT2D eigenvalue weighted by Crippen LogP contribution is -2.10. The number of thiazole rings is 1. The van der Waals surface area contributed by atoms with E-state index in [1.165, 1.54) is 18.4 Å². The lowest BCUT2D eigenvalue weighted by molar-refractivity contribution is -0.106. The Morgan fingerprint density at radius 1 is 1.61 bits per heavy atom. The molecule has 100 valence electrons. The molecule has 6 nitrogen and oxygen atoms in total. The molecular weight excluding hydrogens is 299 g/mol. The molecule has 0 aliphatic carbocycles. The van der Waals surface area contributed by atoms with Crippen molar-refractivity contribution in [2.75, 3.05) is 21.2 Å². The number of carbonyl (C=O) groups excluding carboxylic acids is 1. The van der Waals surface area contributed by atoms with Gasteiger partial charge in [0.1, 0.15) is 12.8 Å². The average molecular weight is 311 g/mol. The van der Waals surface area contributed by atoms with Gasteiger partial charge in [-0.2, -0.15) is 0 Å². The first-order valence-electron chi connectivity index (χ1n) is 4.52. The molecule has 18 heavy (non-hydrogen) atoms. The predicted octanol–water partition coefficient (Wildman–Crippen LogP) is 1.90. The number of rotatable bonds is 5. The van der Waals surface area contributed by atoms with Crippen molar-refractivity contribution in [3.8, 4) is 0 Å². The third-order valence-electron chi connectivity index (χ3n) is 1.50. The topological polar surface area (TPSA) is 67.2 Å². The van der Waals surface area contributed by atoms with Crippen LogP contribution in [0.15, 0.2) is 15.5 Å². The SMILES string of the molecule is CO/N=C(\C(=O)Cl)c1csc(/N=C/N(C)C)n1.Cl. The van der Waals surface area contributed by atoms with Crippen molar-refractivity contribution in [1.29, 1.82) is 0 Å². The van der Waals surface area contributed by atoms with Gasteiger partial charge < -0.3 is 9.74 Å². The summed E-state index contributed by atoms with van der Waals surface area (Å²) in [7, 11) is 5.02. The van der Waals surface area contributed by atoms with Crippen molar-refractivity contribution in [1.82, 2.24) is 9.88 Å². The predicted molar refractivity (Wildman–Crippen MR) is 75.6 cm³/mol. The van der Waals surface area contributed by atoms with Crippen molar-refractivity contribution < 1.29 is 9.63 Å². The summed E-state index contributed by atoms with van der Waals surface area (Å²) in [6, 6.07) is 0. The highest BCUT2D eigenvalue weighted by Gasteiger charge is 2.16. The fraction of sp³-hybridized carbons (Fsp3) is 0.333. The fourth-order valence-electron chi connectivity index (χ4n) is 0.872. The summed E-state index contributed by atoms with van der Waals surface area (Å²) in [6.07, 6.45) is 1.61. The van der Waals surface area contributed by atoms with E-state index in [4.69, 9.17) is 11.6 Å². The number of aliphatic imine (C=N–C) groups is 1. The Bertz CT molecular complexity index is 459. The first kappa shape index (κ1) is 16.8. The van der Waals surface area contributed by atoms with Crippen LogP contribution in [0.25, 0.3) is 0 Å². The second kappa shape index (κ2) is 8.02. The van der Waals surface area contributed by atoms with Gasteiger partial charge in [-0.15, -0.1) is 23.7 Å². The quantitative estimate of drug-likeness (QED) is 0.360. The minimum absolute atomic E-state index is 0. The van der Waals surface area contributed by atoms with Gasteiger partial charge in [0.2, 0.25) is 5.13 Å². The number of aromatic nitrogens is 1. The molecule has 0 saturated heterocycles. The largest absolute Gasteiger partial charge is 0.398 e. The first-order valence-corrected chi connectivity index (χ1v) is 5.78. The van der Waals surface area contributed by atoms with E-state index >= 15 is 0 Å². The van der Waals surface area contributed by atoms with Gasteiger partial charge in [0.15, 0.2) is 5.71 Å². The molecule has 0 aliphatic rings. The van der Waals surface area contributed by atoms with Gasteiger partial charge in [-0.1, -0.05) is 5.16 Å². The molecule has 0 aliphatic heterocycles. The van der Waals surface area contributed by atoms with Crippen LogP contribution in [0.2, 0.25) is 0 Å². The molecule has 1 rings (SSSR count). The van der Waals surface area contributed by atoms with Gasteiger partial charge in [-0.3, -0.25) is 4.79 Å². The van der Waals surface area contributed by atoms with E-state index in [0.29, 0.717) is 10.8 Å². The van der Waals surface area contributed by atoms with Gasteiger partial charge in [-0.25, -0.2) is 9.98 Å². The van der Waals surface area contributed by atoms with Crippen molar-refractivity contribution in [3.63, 3.8) is 0 Å². The normalized spacial score (nSPS) is 11.2. The van der Waals surface area contributed by atoms with Gasteiger partial charge >= 0.3 is 0 Å². The average Bonchev–Trinajstić information content (AvgIpc) is 2.71. The molecule has 0 N–H and O–H groups in total. The number of nitrogens with zero attached hydrogens (tertiary/aromatic N) is 4. The van der Waals surface area contributed by atoms with E-state index < -0.39 is 5.24 Å². The summed E-state index contributed by atoms with van der Waals surface area (Å²) in [6.45, 7) is 0. The van der Waals surface area contributed by atoms with Crippen molar-refractivity contribution in [2.24, 2.45) is 10.1 Å². The molecule has 0 radical (unpaired) electrons. The molecule has 0 spiro atoms. The van der Waals surface area contributed by atoms with Gasteiger partial charge in [0.25, 0.3) is 5.24 Å². The minimum Gasteiger partial charge on any atom is -0.398 e. The van der Waals surface area contributed by atoms with Crippen molar-refractivity contribution in [2.45, 2.75) is 0 Å². The first-order chi connectivity index (χ1) is 8.04. The molecule has 0 amide bonds. The highest BCUT2D eigenvalue weighted by Crippen LogP contribution is 2.19. The summed E-state index contributed by atoms with van der Waals surface area (Å²) in [5.74, 6) is 0. The molecule has 1 heterocycles. The third kappa shape index (κ3) is 4.99. The molecule has 0 fully saturated rings. The van der Waals surface area contributed by atoms with E-state index in [2.05, 4.69) is 20.0 Å². The number of oxime groups is 1. The van der Waals surface area contributed by atoms with E-state index in [-0.39, 0.29) is 18.1 Å². The van der Waals surface area contributed by atoms with Crippen LogP contribution in [-0.4, -0.2) is 48.4 Å². The van der Waals surface area contributed by atoms with E-state index in [1.54, 1.807) is 16.6 Å². The van der Waals surface area contributed by atoms with Crippen LogP contribution in [0.5, 0.6) is 0 Å². The molecular formula is C9H12Cl2N4O2S. The molecule has 0 saturated carbocycles. The summed E-state index contributed by atoms with van der Waals surface area (Å²) in [4.78, 5) is 25.6. The van der Waals surface area contributed by atoms with Gasteiger partial charge in [0, 0.05) is 19.5 Å². The number of carbonyl (C=O) groups is 1. The van der Waals surface area contributed by atoms with Crippen LogP contribution in [0, 0.1) is 0 Å². The summed E-state index contributed by atoms with van der Waals surface area (Å²) in [5, 5.41) is 4.95. The molecule has 0 atom stereocenters. The van der Waals surface area contributed by atoms with Crippen molar-refractivity contribution >= 4 is 57.8 Å². The Labute approximate surface area is 120 Å². The maximum absolute atomic E-state index is 11.1. The second-order valence-electron chi connectivity index (χ2n) is 3.12. The summed E-state index contributed by atoms with van der Waals surface area (Å²) >= 11 is 6.64. The zero-order chi connectivity index (χ0) is 12.8. The number of halogens is 2. The smallest absolute Gasteiger partial charge is 0.276 e. The Morgan fingerprint density at radius 2 is 2.28 bits per heavy atom. The standard InChI is InChI=1S/C9H11ClN4O2S.ClH/c1-14(2)5-11-9-12-6(4-17-9)7(8(10)15)13-16-3;/h4-5H,1-3H3;1H/b11-5+,13-7-;. The molecule has 0 aromatic carbocycles. The second-order valence-corrected chi connectivity index (χ2v) is 4.30. The Morgan fingerprint density at radius 3 is 2.78 bits per heavy atom. The zero-order valence-electron chi connectivity index (χ0n) is 9.95. The number of hydrogen-bond donors (Lipinski definition) is 0. The van der Waals surface area contributed by atoms with E-state index in [0.717, 1.165) is 0 Å². The molecule has 1 aromatic heterocycles. The number of hydrogen-bond acceptors (Lipinski definition) is 6. The summed E-state index contributed by atoms with van der Waals surface area (Å²) in [5.41, 5.74) is 0.319. The maximum atomic E-state index is 11.1.